The first kappa shape index (κ1) is 17.2. The third kappa shape index (κ3) is 3.97. The Balaban J connectivity index is 2.33. The van der Waals surface area contributed by atoms with Gasteiger partial charge in [-0.15, -0.1) is 0 Å². The van der Waals surface area contributed by atoms with E-state index in [2.05, 4.69) is 0 Å². The Bertz CT molecular complexity index is 634. The summed E-state index contributed by atoms with van der Waals surface area (Å²) in [5.41, 5.74) is 2.15. The average molecular weight is 323 g/mol. The Morgan fingerprint density at radius 2 is 1.82 bits per heavy atom. The molecule has 22 heavy (non-hydrogen) atoms. The van der Waals surface area contributed by atoms with E-state index >= 15 is 0 Å². The molecule has 0 bridgehead atoms. The molecule has 5 heteroatoms. The van der Waals surface area contributed by atoms with Gasteiger partial charge in [-0.3, -0.25) is 0 Å². The molecule has 0 unspecified atom stereocenters. The number of aryl methyl sites for hydroxylation is 1. The van der Waals surface area contributed by atoms with Crippen LogP contribution in [0.1, 0.15) is 32.3 Å². The quantitative estimate of drug-likeness (QED) is 0.851. The van der Waals surface area contributed by atoms with Crippen LogP contribution in [0, 0.1) is 12.8 Å². The van der Waals surface area contributed by atoms with Crippen LogP contribution in [-0.2, 0) is 10.0 Å². The van der Waals surface area contributed by atoms with Crippen molar-refractivity contribution in [3.63, 3.8) is 0 Å². The molecule has 2 atom stereocenters. The summed E-state index contributed by atoms with van der Waals surface area (Å²) in [7, 11) is -3.54. The van der Waals surface area contributed by atoms with Gasteiger partial charge in [0.2, 0.25) is 10.0 Å². The first-order chi connectivity index (χ1) is 10.3. The van der Waals surface area contributed by atoms with Gasteiger partial charge in [0.15, 0.2) is 0 Å². The molecule has 1 aromatic rings. The minimum absolute atomic E-state index is 0.0838. The lowest BCUT2D eigenvalue weighted by atomic mass is 9.99. The van der Waals surface area contributed by atoms with Gasteiger partial charge in [-0.05, 0) is 44.7 Å². The molecule has 0 spiro atoms. The molecule has 0 aliphatic carbocycles. The largest absolute Gasteiger partial charge is 0.393 e. The van der Waals surface area contributed by atoms with Gasteiger partial charge in [0, 0.05) is 13.1 Å². The summed E-state index contributed by atoms with van der Waals surface area (Å²) in [6.07, 6.45) is 2.97. The zero-order chi connectivity index (χ0) is 16.3. The maximum atomic E-state index is 12.8. The minimum atomic E-state index is -3.54. The molecule has 1 N–H and O–H groups in total. The van der Waals surface area contributed by atoms with Crippen molar-refractivity contribution in [3.05, 3.63) is 41.5 Å². The van der Waals surface area contributed by atoms with Gasteiger partial charge < -0.3 is 5.11 Å². The van der Waals surface area contributed by atoms with Crippen LogP contribution in [0.5, 0.6) is 0 Å². The van der Waals surface area contributed by atoms with E-state index in [0.717, 1.165) is 17.6 Å². The third-order valence-electron chi connectivity index (χ3n) is 4.29. The van der Waals surface area contributed by atoms with E-state index < -0.39 is 16.1 Å². The Morgan fingerprint density at radius 1 is 1.18 bits per heavy atom. The molecule has 0 amide bonds. The molecule has 122 valence electrons. The fourth-order valence-electron chi connectivity index (χ4n) is 2.59. The molecule has 1 aliphatic heterocycles. The Hall–Kier alpha value is -1.17. The van der Waals surface area contributed by atoms with Gasteiger partial charge in [0.05, 0.1) is 11.0 Å². The lowest BCUT2D eigenvalue weighted by molar-refractivity contribution is 0.0991. The maximum absolute atomic E-state index is 12.8. The molecule has 0 saturated carbocycles. The molecule has 0 radical (unpaired) electrons. The van der Waals surface area contributed by atoms with Crippen LogP contribution >= 0.6 is 0 Å². The number of benzene rings is 1. The second-order valence-corrected chi connectivity index (χ2v) is 8.21. The van der Waals surface area contributed by atoms with Gasteiger partial charge in [-0.25, -0.2) is 8.42 Å². The average Bonchev–Trinajstić information content (AvgIpc) is 2.53. The lowest BCUT2D eigenvalue weighted by Gasteiger charge is -2.26. The Morgan fingerprint density at radius 3 is 2.45 bits per heavy atom. The van der Waals surface area contributed by atoms with Crippen LogP contribution in [0.4, 0.5) is 0 Å². The summed E-state index contributed by atoms with van der Waals surface area (Å²) < 4.78 is 27.2. The van der Waals surface area contributed by atoms with Crippen LogP contribution < -0.4 is 0 Å². The number of hydrogen-bond acceptors (Lipinski definition) is 3. The van der Waals surface area contributed by atoms with Gasteiger partial charge in [-0.2, -0.15) is 4.31 Å². The van der Waals surface area contributed by atoms with Crippen molar-refractivity contribution in [1.29, 1.82) is 0 Å². The second-order valence-electron chi connectivity index (χ2n) is 6.27. The number of allylic oxidation sites excluding steroid dienone is 1. The molecule has 0 aromatic heterocycles. The minimum Gasteiger partial charge on any atom is -0.393 e. The van der Waals surface area contributed by atoms with Crippen molar-refractivity contribution in [2.45, 2.75) is 44.6 Å². The number of hydrogen-bond donors (Lipinski definition) is 1. The summed E-state index contributed by atoms with van der Waals surface area (Å²) in [5.74, 6) is -0.0838. The van der Waals surface area contributed by atoms with Crippen molar-refractivity contribution in [1.82, 2.24) is 4.31 Å². The molecule has 1 aliphatic rings. The highest BCUT2D eigenvalue weighted by Crippen LogP contribution is 2.22. The van der Waals surface area contributed by atoms with E-state index in [4.69, 9.17) is 0 Å². The maximum Gasteiger partial charge on any atom is 0.243 e. The topological polar surface area (TPSA) is 57.6 Å². The van der Waals surface area contributed by atoms with Crippen molar-refractivity contribution >= 4 is 10.0 Å². The SMILES string of the molecule is C/C1=C/CN(S(=O)(=O)c2ccc(C)cc2)C[C@@H](C)[C@@H](O)CC1. The number of sulfonamides is 1. The smallest absolute Gasteiger partial charge is 0.243 e. The van der Waals surface area contributed by atoms with Gasteiger partial charge in [-0.1, -0.05) is 36.3 Å². The monoisotopic (exact) mass is 323 g/mol. The van der Waals surface area contributed by atoms with Crippen molar-refractivity contribution in [2.75, 3.05) is 13.1 Å². The summed E-state index contributed by atoms with van der Waals surface area (Å²) in [5, 5.41) is 10.2. The van der Waals surface area contributed by atoms with Crippen LogP contribution in [0.15, 0.2) is 40.8 Å². The summed E-state index contributed by atoms with van der Waals surface area (Å²) in [4.78, 5) is 0.310. The second kappa shape index (κ2) is 6.94. The van der Waals surface area contributed by atoms with E-state index in [9.17, 15) is 13.5 Å². The summed E-state index contributed by atoms with van der Waals surface area (Å²) in [6, 6.07) is 6.91. The first-order valence-electron chi connectivity index (χ1n) is 7.71. The highest BCUT2D eigenvalue weighted by Gasteiger charge is 2.28. The highest BCUT2D eigenvalue weighted by atomic mass is 32.2. The number of rotatable bonds is 2. The third-order valence-corrected chi connectivity index (χ3v) is 6.13. The molecule has 4 nitrogen and oxygen atoms in total. The van der Waals surface area contributed by atoms with Gasteiger partial charge >= 0.3 is 0 Å². The number of nitrogens with zero attached hydrogens (tertiary/aromatic N) is 1. The van der Waals surface area contributed by atoms with E-state index in [1.54, 1.807) is 12.1 Å². The summed E-state index contributed by atoms with van der Waals surface area (Å²) in [6.45, 7) is 6.52. The van der Waals surface area contributed by atoms with E-state index in [0.29, 0.717) is 24.4 Å². The molecule has 0 saturated heterocycles. The van der Waals surface area contributed by atoms with Crippen LogP contribution in [0.2, 0.25) is 0 Å². The van der Waals surface area contributed by atoms with Gasteiger partial charge in [0.25, 0.3) is 0 Å². The molecular weight excluding hydrogens is 298 g/mol. The lowest BCUT2D eigenvalue weighted by Crippen LogP contribution is -2.37. The molecule has 1 aromatic carbocycles. The summed E-state index contributed by atoms with van der Waals surface area (Å²) >= 11 is 0. The number of aliphatic hydroxyl groups excluding tert-OH is 1. The normalized spacial score (nSPS) is 27.4. The fraction of sp³-hybridized carbons (Fsp3) is 0.529. The standard InChI is InChI=1S/C17H25NO3S/c1-13-4-7-16(8-5-13)22(20,21)18-11-10-14(2)6-9-17(19)15(3)12-18/h4-5,7-8,10,15,17,19H,6,9,11-12H2,1-3H3/b14-10-/t15-,17+/m1/s1. The predicted molar refractivity (Wildman–Crippen MR) is 88.1 cm³/mol. The van der Waals surface area contributed by atoms with E-state index in [1.165, 1.54) is 4.31 Å². The molecule has 0 fully saturated rings. The first-order valence-corrected chi connectivity index (χ1v) is 9.15. The Labute approximate surface area is 133 Å². The van der Waals surface area contributed by atoms with Crippen LogP contribution in [0.3, 0.4) is 0 Å². The molecular formula is C17H25NO3S. The van der Waals surface area contributed by atoms with Gasteiger partial charge in [0.1, 0.15) is 0 Å². The Kier molecular flexibility index (Phi) is 5.42. The number of aliphatic hydroxyl groups is 1. The van der Waals surface area contributed by atoms with Crippen LogP contribution in [0.25, 0.3) is 0 Å². The van der Waals surface area contributed by atoms with Crippen molar-refractivity contribution in [2.24, 2.45) is 5.92 Å². The zero-order valence-corrected chi connectivity index (χ0v) is 14.3. The molecule has 1 heterocycles. The molecule has 2 rings (SSSR count). The van der Waals surface area contributed by atoms with E-state index in [1.807, 2.05) is 39.0 Å². The predicted octanol–water partition coefficient (Wildman–Crippen LogP) is 2.72. The zero-order valence-electron chi connectivity index (χ0n) is 13.5. The highest BCUT2D eigenvalue weighted by molar-refractivity contribution is 7.89. The van der Waals surface area contributed by atoms with Crippen molar-refractivity contribution < 1.29 is 13.5 Å². The van der Waals surface area contributed by atoms with Crippen LogP contribution in [-0.4, -0.2) is 37.0 Å². The van der Waals surface area contributed by atoms with E-state index in [-0.39, 0.29) is 5.92 Å². The van der Waals surface area contributed by atoms with Crippen molar-refractivity contribution in [3.8, 4) is 0 Å². The fourth-order valence-corrected chi connectivity index (χ4v) is 4.07.